The van der Waals surface area contributed by atoms with E-state index in [2.05, 4.69) is 25.7 Å². The Balaban J connectivity index is 2.26. The van der Waals surface area contributed by atoms with Crippen molar-refractivity contribution in [1.82, 2.24) is 4.90 Å². The number of hydrogen-bond donors (Lipinski definition) is 1. The summed E-state index contributed by atoms with van der Waals surface area (Å²) in [5.41, 5.74) is -0.349. The van der Waals surface area contributed by atoms with E-state index >= 15 is 0 Å². The molecule has 1 unspecified atom stereocenters. The summed E-state index contributed by atoms with van der Waals surface area (Å²) >= 11 is 0. The highest BCUT2D eigenvalue weighted by atomic mass is 16.3. The summed E-state index contributed by atoms with van der Waals surface area (Å²) < 4.78 is 0. The van der Waals surface area contributed by atoms with E-state index in [1.165, 1.54) is 6.42 Å². The van der Waals surface area contributed by atoms with Crippen molar-refractivity contribution in [3.05, 3.63) is 0 Å². The van der Waals surface area contributed by atoms with E-state index in [0.717, 1.165) is 25.9 Å². The molecule has 0 radical (unpaired) electrons. The average Bonchev–Trinajstić information content (AvgIpc) is 1.99. The van der Waals surface area contributed by atoms with E-state index in [1.807, 2.05) is 0 Å². The fraction of sp³-hybridized carbons (Fsp3) is 1.00. The topological polar surface area (TPSA) is 23.5 Å². The second kappa shape index (κ2) is 3.75. The number of β-amino-alcohol motifs (C(OH)–C–C–N with tert-alkyl or cyclic N) is 1. The van der Waals surface area contributed by atoms with Gasteiger partial charge in [0, 0.05) is 19.1 Å². The zero-order valence-electron chi connectivity index (χ0n) is 8.51. The Labute approximate surface area is 75.6 Å². The van der Waals surface area contributed by atoms with Gasteiger partial charge in [-0.25, -0.2) is 0 Å². The Morgan fingerprint density at radius 1 is 1.42 bits per heavy atom. The second-order valence-electron chi connectivity index (χ2n) is 4.14. The molecule has 1 aliphatic rings. The van der Waals surface area contributed by atoms with E-state index < -0.39 is 0 Å². The van der Waals surface area contributed by atoms with Crippen LogP contribution in [0.3, 0.4) is 0 Å². The smallest absolute Gasteiger partial charge is 0.0900 e. The van der Waals surface area contributed by atoms with Gasteiger partial charge in [-0.2, -0.15) is 0 Å². The molecule has 0 spiro atoms. The van der Waals surface area contributed by atoms with Crippen LogP contribution >= 0.6 is 0 Å². The van der Waals surface area contributed by atoms with Gasteiger partial charge >= 0.3 is 0 Å². The van der Waals surface area contributed by atoms with Crippen LogP contribution in [0.2, 0.25) is 0 Å². The lowest BCUT2D eigenvalue weighted by atomic mass is 9.88. The molecule has 0 aromatic carbocycles. The van der Waals surface area contributed by atoms with Crippen LogP contribution in [0.5, 0.6) is 0 Å². The zero-order chi connectivity index (χ0) is 9.19. The highest BCUT2D eigenvalue weighted by Crippen LogP contribution is 2.27. The molecule has 0 bridgehead atoms. The average molecular weight is 171 g/mol. The standard InChI is InChI=1S/C10H21NO/c1-4-6-10(12)7-11(8-10)9(3)5-2/h9,12H,4-8H2,1-3H3. The molecule has 0 amide bonds. The molecule has 72 valence electrons. The number of rotatable bonds is 4. The van der Waals surface area contributed by atoms with Crippen molar-refractivity contribution >= 4 is 0 Å². The molecule has 2 heteroatoms. The molecule has 0 aromatic rings. The van der Waals surface area contributed by atoms with Gasteiger partial charge in [0.1, 0.15) is 0 Å². The van der Waals surface area contributed by atoms with Gasteiger partial charge in [-0.3, -0.25) is 4.90 Å². The van der Waals surface area contributed by atoms with Crippen LogP contribution in [-0.2, 0) is 0 Å². The third-order valence-corrected chi connectivity index (χ3v) is 2.92. The lowest BCUT2D eigenvalue weighted by Crippen LogP contribution is -2.63. The van der Waals surface area contributed by atoms with Crippen molar-refractivity contribution in [2.45, 2.75) is 51.7 Å². The van der Waals surface area contributed by atoms with E-state index in [-0.39, 0.29) is 5.60 Å². The number of likely N-dealkylation sites (tertiary alicyclic amines) is 1. The molecule has 1 atom stereocenters. The SMILES string of the molecule is CCCC1(O)CN(C(C)CC)C1. The maximum atomic E-state index is 9.88. The maximum absolute atomic E-state index is 9.88. The van der Waals surface area contributed by atoms with Crippen LogP contribution < -0.4 is 0 Å². The molecule has 1 aliphatic heterocycles. The van der Waals surface area contributed by atoms with E-state index in [0.29, 0.717) is 6.04 Å². The van der Waals surface area contributed by atoms with Gasteiger partial charge in [-0.15, -0.1) is 0 Å². The fourth-order valence-corrected chi connectivity index (χ4v) is 1.90. The van der Waals surface area contributed by atoms with Gasteiger partial charge in [-0.05, 0) is 19.8 Å². The highest BCUT2D eigenvalue weighted by Gasteiger charge is 2.41. The monoisotopic (exact) mass is 171 g/mol. The van der Waals surface area contributed by atoms with E-state index in [1.54, 1.807) is 0 Å². The minimum atomic E-state index is -0.349. The molecule has 0 saturated carbocycles. The number of nitrogens with zero attached hydrogens (tertiary/aromatic N) is 1. The van der Waals surface area contributed by atoms with Crippen molar-refractivity contribution in [3.8, 4) is 0 Å². The molecule has 0 aliphatic carbocycles. The minimum Gasteiger partial charge on any atom is -0.387 e. The summed E-state index contributed by atoms with van der Waals surface area (Å²) in [6, 6.07) is 0.641. The first-order valence-corrected chi connectivity index (χ1v) is 5.07. The molecular formula is C10H21NO. The lowest BCUT2D eigenvalue weighted by molar-refractivity contribution is -0.117. The van der Waals surface area contributed by atoms with Crippen LogP contribution in [0.4, 0.5) is 0 Å². The van der Waals surface area contributed by atoms with Crippen LogP contribution in [0, 0.1) is 0 Å². The minimum absolute atomic E-state index is 0.349. The van der Waals surface area contributed by atoms with Gasteiger partial charge in [0.05, 0.1) is 5.60 Å². The Morgan fingerprint density at radius 2 is 2.00 bits per heavy atom. The molecule has 1 fully saturated rings. The van der Waals surface area contributed by atoms with Crippen LogP contribution in [0.25, 0.3) is 0 Å². The molecule has 1 N–H and O–H groups in total. The van der Waals surface area contributed by atoms with E-state index in [4.69, 9.17) is 0 Å². The first-order valence-electron chi connectivity index (χ1n) is 5.07. The van der Waals surface area contributed by atoms with Gasteiger partial charge < -0.3 is 5.11 Å². The van der Waals surface area contributed by atoms with Crippen molar-refractivity contribution in [3.63, 3.8) is 0 Å². The maximum Gasteiger partial charge on any atom is 0.0900 e. The highest BCUT2D eigenvalue weighted by molar-refractivity contribution is 4.96. The predicted molar refractivity (Wildman–Crippen MR) is 51.2 cm³/mol. The molecule has 12 heavy (non-hydrogen) atoms. The molecule has 1 rings (SSSR count). The first kappa shape index (κ1) is 10.0. The van der Waals surface area contributed by atoms with Crippen LogP contribution in [0.15, 0.2) is 0 Å². The van der Waals surface area contributed by atoms with Crippen LogP contribution in [-0.4, -0.2) is 34.7 Å². The van der Waals surface area contributed by atoms with Gasteiger partial charge in [-0.1, -0.05) is 20.3 Å². The third kappa shape index (κ3) is 1.99. The summed E-state index contributed by atoms with van der Waals surface area (Å²) in [5.74, 6) is 0. The Hall–Kier alpha value is -0.0800. The fourth-order valence-electron chi connectivity index (χ4n) is 1.90. The summed E-state index contributed by atoms with van der Waals surface area (Å²) in [5, 5.41) is 9.88. The normalized spacial score (nSPS) is 25.0. The van der Waals surface area contributed by atoms with Crippen molar-refractivity contribution < 1.29 is 5.11 Å². The van der Waals surface area contributed by atoms with Crippen molar-refractivity contribution in [2.24, 2.45) is 0 Å². The molecule has 1 heterocycles. The van der Waals surface area contributed by atoms with Gasteiger partial charge in [0.2, 0.25) is 0 Å². The van der Waals surface area contributed by atoms with Gasteiger partial charge in [0.15, 0.2) is 0 Å². The third-order valence-electron chi connectivity index (χ3n) is 2.92. The summed E-state index contributed by atoms with van der Waals surface area (Å²) in [4.78, 5) is 2.36. The summed E-state index contributed by atoms with van der Waals surface area (Å²) in [6.07, 6.45) is 3.23. The summed E-state index contributed by atoms with van der Waals surface area (Å²) in [7, 11) is 0. The molecule has 2 nitrogen and oxygen atoms in total. The molecule has 1 saturated heterocycles. The first-order chi connectivity index (χ1) is 5.61. The Bertz CT molecular complexity index is 141. The zero-order valence-corrected chi connectivity index (χ0v) is 8.51. The quantitative estimate of drug-likeness (QED) is 0.695. The number of aliphatic hydroxyl groups is 1. The number of hydrogen-bond acceptors (Lipinski definition) is 2. The van der Waals surface area contributed by atoms with Crippen molar-refractivity contribution in [2.75, 3.05) is 13.1 Å². The lowest BCUT2D eigenvalue weighted by Gasteiger charge is -2.49. The van der Waals surface area contributed by atoms with E-state index in [9.17, 15) is 5.11 Å². The Kier molecular flexibility index (Phi) is 3.13. The predicted octanol–water partition coefficient (Wildman–Crippen LogP) is 1.63. The molecular weight excluding hydrogens is 150 g/mol. The Morgan fingerprint density at radius 3 is 2.42 bits per heavy atom. The second-order valence-corrected chi connectivity index (χ2v) is 4.14. The van der Waals surface area contributed by atoms with Crippen LogP contribution in [0.1, 0.15) is 40.0 Å². The van der Waals surface area contributed by atoms with Crippen molar-refractivity contribution in [1.29, 1.82) is 0 Å². The van der Waals surface area contributed by atoms with Gasteiger partial charge in [0.25, 0.3) is 0 Å². The largest absolute Gasteiger partial charge is 0.387 e. The summed E-state index contributed by atoms with van der Waals surface area (Å²) in [6.45, 7) is 8.32. The molecule has 0 aromatic heterocycles.